The smallest absolute Gasteiger partial charge is 0.236 e. The van der Waals surface area contributed by atoms with Gasteiger partial charge >= 0.3 is 0 Å². The Hall–Kier alpha value is -1.59. The van der Waals surface area contributed by atoms with Crippen molar-refractivity contribution in [2.24, 2.45) is 0 Å². The number of anilines is 2. The van der Waals surface area contributed by atoms with E-state index in [1.54, 1.807) is 6.92 Å². The molecule has 2 aromatic rings. The highest BCUT2D eigenvalue weighted by molar-refractivity contribution is 7.99. The highest BCUT2D eigenvalue weighted by atomic mass is 35.5. The van der Waals surface area contributed by atoms with Gasteiger partial charge in [-0.05, 0) is 25.3 Å². The normalized spacial score (nSPS) is 19.1. The predicted molar refractivity (Wildman–Crippen MR) is 120 cm³/mol. The maximum absolute atomic E-state index is 12.5. The molecule has 1 amide bonds. The number of carbonyl (C=O) groups is 1. The number of hydrogen-bond donors (Lipinski definition) is 1. The van der Waals surface area contributed by atoms with Gasteiger partial charge in [-0.25, -0.2) is 4.98 Å². The van der Waals surface area contributed by atoms with E-state index in [1.165, 1.54) is 18.0 Å². The molecule has 2 aliphatic heterocycles. The summed E-state index contributed by atoms with van der Waals surface area (Å²) in [7, 11) is 0. The average molecular weight is 487 g/mol. The molecule has 2 saturated heterocycles. The van der Waals surface area contributed by atoms with Crippen LogP contribution in [0.15, 0.2) is 11.4 Å². The number of rotatable bonds is 7. The minimum Gasteiger partial charge on any atom is -0.378 e. The molecule has 31 heavy (non-hydrogen) atoms. The summed E-state index contributed by atoms with van der Waals surface area (Å²) in [5.74, 6) is 0.997. The van der Waals surface area contributed by atoms with Gasteiger partial charge in [0.2, 0.25) is 11.9 Å². The zero-order chi connectivity index (χ0) is 21.8. The molecule has 0 radical (unpaired) electrons. The second kappa shape index (κ2) is 10.4. The number of nitrogens with zero attached hydrogens (tertiary/aromatic N) is 5. The van der Waals surface area contributed by atoms with E-state index in [-0.39, 0.29) is 17.8 Å². The van der Waals surface area contributed by atoms with Crippen molar-refractivity contribution in [2.45, 2.75) is 37.6 Å². The number of halogens is 2. The maximum Gasteiger partial charge on any atom is 0.236 e. The van der Waals surface area contributed by atoms with E-state index in [1.807, 2.05) is 0 Å². The zero-order valence-electron chi connectivity index (χ0n) is 17.1. The molecule has 2 aliphatic rings. The Kier molecular flexibility index (Phi) is 7.55. The fourth-order valence-corrected chi connectivity index (χ4v) is 4.61. The Bertz CT molecular complexity index is 932. The molecule has 12 heteroatoms. The van der Waals surface area contributed by atoms with Gasteiger partial charge < -0.3 is 19.7 Å². The van der Waals surface area contributed by atoms with Crippen LogP contribution in [0.4, 0.5) is 11.8 Å². The van der Waals surface area contributed by atoms with E-state index in [2.05, 4.69) is 30.0 Å². The van der Waals surface area contributed by atoms with Crippen LogP contribution >= 0.6 is 35.0 Å². The lowest BCUT2D eigenvalue weighted by molar-refractivity contribution is -0.113. The molecule has 1 atom stereocenters. The van der Waals surface area contributed by atoms with Crippen molar-refractivity contribution in [3.63, 3.8) is 0 Å². The summed E-state index contributed by atoms with van der Waals surface area (Å²) in [6.07, 6.45) is 3.66. The molecule has 0 aliphatic carbocycles. The first-order valence-electron chi connectivity index (χ1n) is 10.1. The summed E-state index contributed by atoms with van der Waals surface area (Å²) in [6.45, 7) is 6.05. The van der Waals surface area contributed by atoms with E-state index in [0.717, 1.165) is 38.5 Å². The van der Waals surface area contributed by atoms with Crippen LogP contribution < -0.4 is 10.2 Å². The molecule has 168 valence electrons. The van der Waals surface area contributed by atoms with Crippen molar-refractivity contribution < 1.29 is 14.3 Å². The lowest BCUT2D eigenvalue weighted by Crippen LogP contribution is -2.38. The van der Waals surface area contributed by atoms with Crippen LogP contribution in [-0.2, 0) is 20.8 Å². The number of ether oxygens (including phenoxy) is 2. The van der Waals surface area contributed by atoms with Crippen molar-refractivity contribution in [3.05, 3.63) is 21.8 Å². The quantitative estimate of drug-likeness (QED) is 0.596. The summed E-state index contributed by atoms with van der Waals surface area (Å²) >= 11 is 13.6. The van der Waals surface area contributed by atoms with Crippen LogP contribution in [0.25, 0.3) is 0 Å². The molecule has 1 unspecified atom stereocenters. The Balaban J connectivity index is 1.45. The van der Waals surface area contributed by atoms with Crippen molar-refractivity contribution >= 4 is 52.6 Å². The van der Waals surface area contributed by atoms with Gasteiger partial charge in [0.15, 0.2) is 11.0 Å². The molecule has 4 heterocycles. The van der Waals surface area contributed by atoms with Crippen LogP contribution in [0.2, 0.25) is 10.0 Å². The van der Waals surface area contributed by atoms with Gasteiger partial charge in [0.25, 0.3) is 0 Å². The molecule has 2 fully saturated rings. The van der Waals surface area contributed by atoms with Crippen molar-refractivity contribution in [3.8, 4) is 0 Å². The molecule has 0 spiro atoms. The van der Waals surface area contributed by atoms with Gasteiger partial charge in [-0.15, -0.1) is 10.2 Å². The fourth-order valence-electron chi connectivity index (χ4n) is 3.48. The van der Waals surface area contributed by atoms with Gasteiger partial charge in [-0.2, -0.15) is 0 Å². The third kappa shape index (κ3) is 5.43. The van der Waals surface area contributed by atoms with Crippen LogP contribution in [0.3, 0.4) is 0 Å². The summed E-state index contributed by atoms with van der Waals surface area (Å²) in [5, 5.41) is 13.0. The Morgan fingerprint density at radius 3 is 2.84 bits per heavy atom. The average Bonchev–Trinajstić information content (AvgIpc) is 3.44. The van der Waals surface area contributed by atoms with Gasteiger partial charge in [-0.3, -0.25) is 9.36 Å². The lowest BCUT2D eigenvalue weighted by Gasteiger charge is -2.28. The maximum atomic E-state index is 12.5. The van der Waals surface area contributed by atoms with Crippen LogP contribution in [0.5, 0.6) is 0 Å². The predicted octanol–water partition coefficient (Wildman–Crippen LogP) is 3.03. The molecule has 1 N–H and O–H groups in total. The van der Waals surface area contributed by atoms with Crippen molar-refractivity contribution in [2.75, 3.05) is 48.9 Å². The number of amides is 1. The van der Waals surface area contributed by atoms with E-state index < -0.39 is 0 Å². The second-order valence-electron chi connectivity index (χ2n) is 7.36. The van der Waals surface area contributed by atoms with Crippen LogP contribution in [0.1, 0.15) is 18.4 Å². The summed E-state index contributed by atoms with van der Waals surface area (Å²) in [4.78, 5) is 18.8. The number of morpholine rings is 1. The van der Waals surface area contributed by atoms with E-state index in [9.17, 15) is 4.79 Å². The van der Waals surface area contributed by atoms with Gasteiger partial charge in [0.05, 0.1) is 41.7 Å². The summed E-state index contributed by atoms with van der Waals surface area (Å²) in [5.41, 5.74) is 0.674. The first-order valence-corrected chi connectivity index (χ1v) is 11.9. The first kappa shape index (κ1) is 22.6. The fraction of sp³-hybridized carbons (Fsp3) is 0.579. The minimum atomic E-state index is -0.235. The van der Waals surface area contributed by atoms with E-state index in [0.29, 0.717) is 46.3 Å². The Morgan fingerprint density at radius 2 is 2.10 bits per heavy atom. The number of aromatic nitrogens is 4. The molecule has 2 aromatic heterocycles. The monoisotopic (exact) mass is 486 g/mol. The van der Waals surface area contributed by atoms with Crippen LogP contribution in [-0.4, -0.2) is 70.4 Å². The van der Waals surface area contributed by atoms with Gasteiger partial charge in [-0.1, -0.05) is 35.0 Å². The zero-order valence-corrected chi connectivity index (χ0v) is 19.5. The molecule has 0 bridgehead atoms. The third-order valence-electron chi connectivity index (χ3n) is 5.19. The highest BCUT2D eigenvalue weighted by Crippen LogP contribution is 2.29. The molecular formula is C19H24Cl2N6O3S. The molecular weight excluding hydrogens is 463 g/mol. The summed E-state index contributed by atoms with van der Waals surface area (Å²) in [6, 6.07) is 0. The van der Waals surface area contributed by atoms with Crippen LogP contribution in [0, 0.1) is 6.92 Å². The lowest BCUT2D eigenvalue weighted by atomic mass is 10.2. The first-order chi connectivity index (χ1) is 15.0. The molecule has 0 aromatic carbocycles. The summed E-state index contributed by atoms with van der Waals surface area (Å²) < 4.78 is 13.3. The number of hydrogen-bond acceptors (Lipinski definition) is 8. The van der Waals surface area contributed by atoms with E-state index in [4.69, 9.17) is 32.7 Å². The third-order valence-corrected chi connectivity index (χ3v) is 7.00. The van der Waals surface area contributed by atoms with Gasteiger partial charge in [0.1, 0.15) is 0 Å². The SMILES string of the molecule is Cc1c(Cl)cnc(NC(=O)CSc2nnc(N3CCOCC3)n2CC2CCCO2)c1Cl. The highest BCUT2D eigenvalue weighted by Gasteiger charge is 2.25. The molecule has 9 nitrogen and oxygen atoms in total. The Labute approximate surface area is 194 Å². The largest absolute Gasteiger partial charge is 0.378 e. The minimum absolute atomic E-state index is 0.129. The van der Waals surface area contributed by atoms with Crippen molar-refractivity contribution in [1.29, 1.82) is 0 Å². The number of thioether (sulfide) groups is 1. The topological polar surface area (TPSA) is 94.4 Å². The number of carbonyl (C=O) groups excluding carboxylic acids is 1. The second-order valence-corrected chi connectivity index (χ2v) is 9.09. The Morgan fingerprint density at radius 1 is 1.29 bits per heavy atom. The van der Waals surface area contributed by atoms with Crippen molar-refractivity contribution in [1.82, 2.24) is 19.7 Å². The molecule has 0 saturated carbocycles. The van der Waals surface area contributed by atoms with Gasteiger partial charge in [0, 0.05) is 25.9 Å². The molecule has 4 rings (SSSR count). The number of pyridine rings is 1. The standard InChI is InChI=1S/C19H24Cl2N6O3S/c1-12-14(20)9-22-17(16(12)21)23-15(28)11-31-19-25-24-18(26-4-7-29-8-5-26)27(19)10-13-3-2-6-30-13/h9,13H,2-8,10-11H2,1H3,(H,22,23,28). The van der Waals surface area contributed by atoms with E-state index >= 15 is 0 Å². The number of nitrogens with one attached hydrogen (secondary N) is 1.